The third-order valence-electron chi connectivity index (χ3n) is 3.25. The molecule has 3 aromatic heterocycles. The Morgan fingerprint density at radius 2 is 1.84 bits per heavy atom. The van der Waals surface area contributed by atoms with Gasteiger partial charge in [0.25, 0.3) is 5.91 Å². The van der Waals surface area contributed by atoms with Crippen molar-refractivity contribution >= 4 is 11.7 Å². The molecule has 0 aliphatic heterocycles. The van der Waals surface area contributed by atoms with E-state index in [2.05, 4.69) is 20.3 Å². The highest BCUT2D eigenvalue weighted by molar-refractivity contribution is 6.02. The molecule has 0 aromatic carbocycles. The number of nitrogens with zero attached hydrogens (tertiary/aromatic N) is 3. The van der Waals surface area contributed by atoms with Gasteiger partial charge in [-0.25, -0.2) is 14.4 Å². The Kier molecular flexibility index (Phi) is 4.65. The standard InChI is InChI=1S/C18H15FN4O2/c1-11-3-5-14(10-20-11)25-15-7-12(2)22-16(8-15)18(24)23-17-6-4-13(19)9-21-17/h3-10H,1-2H3,(H,21,23,24). The minimum Gasteiger partial charge on any atom is -0.456 e. The summed E-state index contributed by atoms with van der Waals surface area (Å²) in [6, 6.07) is 9.44. The number of aryl methyl sites for hydroxylation is 2. The van der Waals surface area contributed by atoms with Crippen molar-refractivity contribution in [3.63, 3.8) is 0 Å². The molecule has 1 N–H and O–H groups in total. The van der Waals surface area contributed by atoms with Crippen molar-refractivity contribution in [2.45, 2.75) is 13.8 Å². The predicted molar refractivity (Wildman–Crippen MR) is 90.2 cm³/mol. The van der Waals surface area contributed by atoms with E-state index in [1.165, 1.54) is 18.2 Å². The summed E-state index contributed by atoms with van der Waals surface area (Å²) >= 11 is 0. The van der Waals surface area contributed by atoms with E-state index in [0.717, 1.165) is 11.9 Å². The number of carbonyl (C=O) groups is 1. The fourth-order valence-electron chi connectivity index (χ4n) is 2.09. The van der Waals surface area contributed by atoms with Gasteiger partial charge in [-0.3, -0.25) is 9.78 Å². The quantitative estimate of drug-likeness (QED) is 0.785. The predicted octanol–water partition coefficient (Wildman–Crippen LogP) is 3.67. The SMILES string of the molecule is Cc1ccc(Oc2cc(C)nc(C(=O)Nc3ccc(F)cn3)c2)cn1. The number of hydrogen-bond acceptors (Lipinski definition) is 5. The normalized spacial score (nSPS) is 10.4. The molecule has 0 fully saturated rings. The van der Waals surface area contributed by atoms with Gasteiger partial charge < -0.3 is 10.1 Å². The number of amides is 1. The molecule has 0 saturated heterocycles. The number of nitrogens with one attached hydrogen (secondary N) is 1. The smallest absolute Gasteiger partial charge is 0.275 e. The highest BCUT2D eigenvalue weighted by atomic mass is 19.1. The van der Waals surface area contributed by atoms with Crippen LogP contribution in [0.4, 0.5) is 10.2 Å². The average Bonchev–Trinajstić information content (AvgIpc) is 2.58. The van der Waals surface area contributed by atoms with Crippen LogP contribution in [0.3, 0.4) is 0 Å². The lowest BCUT2D eigenvalue weighted by molar-refractivity contribution is 0.102. The monoisotopic (exact) mass is 338 g/mol. The second-order valence-electron chi connectivity index (χ2n) is 5.38. The molecule has 0 atom stereocenters. The lowest BCUT2D eigenvalue weighted by Crippen LogP contribution is -2.15. The van der Waals surface area contributed by atoms with Gasteiger partial charge in [0.15, 0.2) is 0 Å². The molecule has 0 radical (unpaired) electrons. The van der Waals surface area contributed by atoms with Crippen molar-refractivity contribution in [1.29, 1.82) is 0 Å². The summed E-state index contributed by atoms with van der Waals surface area (Å²) in [4.78, 5) is 24.5. The van der Waals surface area contributed by atoms with Gasteiger partial charge in [-0.2, -0.15) is 0 Å². The fourth-order valence-corrected chi connectivity index (χ4v) is 2.09. The van der Waals surface area contributed by atoms with Gasteiger partial charge in [-0.05, 0) is 38.1 Å². The number of aromatic nitrogens is 3. The van der Waals surface area contributed by atoms with Gasteiger partial charge in [0.2, 0.25) is 0 Å². The van der Waals surface area contributed by atoms with Crippen LogP contribution in [0, 0.1) is 19.7 Å². The van der Waals surface area contributed by atoms with Crippen LogP contribution in [0.5, 0.6) is 11.5 Å². The van der Waals surface area contributed by atoms with Crippen molar-refractivity contribution < 1.29 is 13.9 Å². The number of halogens is 1. The Labute approximate surface area is 143 Å². The zero-order valence-corrected chi connectivity index (χ0v) is 13.7. The van der Waals surface area contributed by atoms with Crippen LogP contribution in [0.1, 0.15) is 21.9 Å². The second-order valence-corrected chi connectivity index (χ2v) is 5.38. The Hall–Kier alpha value is -3.35. The third kappa shape index (κ3) is 4.35. The van der Waals surface area contributed by atoms with Crippen molar-refractivity contribution in [2.75, 3.05) is 5.32 Å². The molecule has 0 unspecified atom stereocenters. The van der Waals surface area contributed by atoms with Gasteiger partial charge in [-0.1, -0.05) is 0 Å². The minimum atomic E-state index is -0.478. The molecule has 0 aliphatic rings. The topological polar surface area (TPSA) is 77.0 Å². The number of hydrogen-bond donors (Lipinski definition) is 1. The minimum absolute atomic E-state index is 0.168. The number of anilines is 1. The van der Waals surface area contributed by atoms with E-state index in [9.17, 15) is 9.18 Å². The molecule has 25 heavy (non-hydrogen) atoms. The maximum Gasteiger partial charge on any atom is 0.275 e. The maximum atomic E-state index is 12.9. The van der Waals surface area contributed by atoms with Crippen LogP contribution < -0.4 is 10.1 Å². The first-order valence-electron chi connectivity index (χ1n) is 7.52. The Morgan fingerprint density at radius 1 is 1.00 bits per heavy atom. The van der Waals surface area contributed by atoms with Crippen molar-refractivity contribution in [2.24, 2.45) is 0 Å². The molecule has 0 aliphatic carbocycles. The van der Waals surface area contributed by atoms with Crippen LogP contribution in [0.25, 0.3) is 0 Å². The first-order chi connectivity index (χ1) is 12.0. The first kappa shape index (κ1) is 16.5. The van der Waals surface area contributed by atoms with Crippen LogP contribution in [0.15, 0.2) is 48.8 Å². The molecular formula is C18H15FN4O2. The van der Waals surface area contributed by atoms with Crippen LogP contribution in [-0.4, -0.2) is 20.9 Å². The largest absolute Gasteiger partial charge is 0.456 e. The Morgan fingerprint density at radius 3 is 2.52 bits per heavy atom. The van der Waals surface area contributed by atoms with E-state index in [0.29, 0.717) is 17.2 Å². The highest BCUT2D eigenvalue weighted by Crippen LogP contribution is 2.22. The summed E-state index contributed by atoms with van der Waals surface area (Å²) in [6.07, 6.45) is 2.63. The third-order valence-corrected chi connectivity index (χ3v) is 3.25. The van der Waals surface area contributed by atoms with E-state index in [1.54, 1.807) is 25.3 Å². The van der Waals surface area contributed by atoms with Gasteiger partial charge in [0, 0.05) is 23.5 Å². The van der Waals surface area contributed by atoms with E-state index in [-0.39, 0.29) is 11.5 Å². The van der Waals surface area contributed by atoms with E-state index in [1.807, 2.05) is 13.0 Å². The van der Waals surface area contributed by atoms with Gasteiger partial charge in [0.05, 0.1) is 12.4 Å². The van der Waals surface area contributed by atoms with Crippen LogP contribution in [0.2, 0.25) is 0 Å². The summed E-state index contributed by atoms with van der Waals surface area (Å²) in [5.41, 5.74) is 1.67. The molecule has 7 heteroatoms. The lowest BCUT2D eigenvalue weighted by Gasteiger charge is -2.09. The Balaban J connectivity index is 1.79. The van der Waals surface area contributed by atoms with E-state index >= 15 is 0 Å². The van der Waals surface area contributed by atoms with Crippen LogP contribution in [-0.2, 0) is 0 Å². The van der Waals surface area contributed by atoms with Crippen molar-refractivity contribution in [3.05, 3.63) is 71.7 Å². The lowest BCUT2D eigenvalue weighted by atomic mass is 10.2. The second kappa shape index (κ2) is 7.04. The number of ether oxygens (including phenoxy) is 1. The molecule has 6 nitrogen and oxygen atoms in total. The first-order valence-corrected chi connectivity index (χ1v) is 7.52. The average molecular weight is 338 g/mol. The molecule has 126 valence electrons. The van der Waals surface area contributed by atoms with Gasteiger partial charge >= 0.3 is 0 Å². The molecule has 0 spiro atoms. The Bertz CT molecular complexity index is 896. The molecule has 1 amide bonds. The number of pyridine rings is 3. The van der Waals surface area contributed by atoms with E-state index in [4.69, 9.17) is 4.74 Å². The number of rotatable bonds is 4. The fraction of sp³-hybridized carbons (Fsp3) is 0.111. The van der Waals surface area contributed by atoms with Gasteiger partial charge in [-0.15, -0.1) is 0 Å². The summed E-state index contributed by atoms with van der Waals surface area (Å²) < 4.78 is 18.6. The molecule has 3 aromatic rings. The van der Waals surface area contributed by atoms with Gasteiger partial charge in [0.1, 0.15) is 28.8 Å². The van der Waals surface area contributed by atoms with E-state index < -0.39 is 11.7 Å². The summed E-state index contributed by atoms with van der Waals surface area (Å²) in [7, 11) is 0. The molecular weight excluding hydrogens is 323 g/mol. The summed E-state index contributed by atoms with van der Waals surface area (Å²) in [5, 5.41) is 2.56. The summed E-state index contributed by atoms with van der Waals surface area (Å²) in [5.74, 6) is 0.321. The maximum absolute atomic E-state index is 12.9. The van der Waals surface area contributed by atoms with Crippen molar-refractivity contribution in [1.82, 2.24) is 15.0 Å². The zero-order chi connectivity index (χ0) is 17.8. The summed E-state index contributed by atoms with van der Waals surface area (Å²) in [6.45, 7) is 3.64. The number of carbonyl (C=O) groups excluding carboxylic acids is 1. The zero-order valence-electron chi connectivity index (χ0n) is 13.7. The highest BCUT2D eigenvalue weighted by Gasteiger charge is 2.12. The molecule has 3 rings (SSSR count). The molecule has 0 bridgehead atoms. The van der Waals surface area contributed by atoms with Crippen LogP contribution >= 0.6 is 0 Å². The molecule has 0 saturated carbocycles. The van der Waals surface area contributed by atoms with Crippen molar-refractivity contribution in [3.8, 4) is 11.5 Å². The molecule has 3 heterocycles.